The number of benzene rings is 2. The summed E-state index contributed by atoms with van der Waals surface area (Å²) in [5, 5.41) is 9.59. The number of piperazine rings is 1. The van der Waals surface area contributed by atoms with E-state index in [0.29, 0.717) is 42.5 Å². The maximum atomic E-state index is 13.7. The topological polar surface area (TPSA) is 47.3 Å². The van der Waals surface area contributed by atoms with E-state index in [1.807, 2.05) is 11.0 Å². The molecule has 1 heterocycles. The van der Waals surface area contributed by atoms with Crippen LogP contribution in [0.2, 0.25) is 5.02 Å². The molecule has 0 N–H and O–H groups in total. The summed E-state index contributed by atoms with van der Waals surface area (Å²) in [5.41, 5.74) is 1.10. The van der Waals surface area contributed by atoms with Crippen LogP contribution in [0.25, 0.3) is 0 Å². The molecule has 1 aliphatic rings. The number of hydrogen-bond acceptors (Lipinski definition) is 3. The van der Waals surface area contributed by atoms with E-state index < -0.39 is 5.82 Å². The van der Waals surface area contributed by atoms with Crippen molar-refractivity contribution in [1.82, 2.24) is 4.90 Å². The first-order valence-corrected chi connectivity index (χ1v) is 7.97. The molecule has 0 unspecified atom stereocenters. The van der Waals surface area contributed by atoms with Crippen LogP contribution in [0, 0.1) is 17.1 Å². The van der Waals surface area contributed by atoms with Gasteiger partial charge >= 0.3 is 0 Å². The first kappa shape index (κ1) is 16.3. The van der Waals surface area contributed by atoms with Crippen LogP contribution in [0.1, 0.15) is 15.9 Å². The number of anilines is 1. The molecule has 2 aromatic rings. The number of hydrogen-bond donors (Lipinski definition) is 0. The van der Waals surface area contributed by atoms with Gasteiger partial charge in [0.25, 0.3) is 5.91 Å². The van der Waals surface area contributed by atoms with Gasteiger partial charge in [0.1, 0.15) is 17.4 Å². The Kier molecular flexibility index (Phi) is 4.68. The molecule has 1 amide bonds. The van der Waals surface area contributed by atoms with Crippen LogP contribution in [-0.2, 0) is 0 Å². The minimum Gasteiger partial charge on any atom is -0.367 e. The van der Waals surface area contributed by atoms with Gasteiger partial charge in [-0.25, -0.2) is 4.39 Å². The maximum Gasteiger partial charge on any atom is 0.255 e. The Morgan fingerprint density at radius 3 is 2.46 bits per heavy atom. The first-order valence-electron chi connectivity index (χ1n) is 7.59. The zero-order chi connectivity index (χ0) is 17.1. The monoisotopic (exact) mass is 343 g/mol. The molecule has 2 aromatic carbocycles. The smallest absolute Gasteiger partial charge is 0.255 e. The third-order valence-corrected chi connectivity index (χ3v) is 4.44. The molecule has 0 atom stereocenters. The summed E-state index contributed by atoms with van der Waals surface area (Å²) in [6, 6.07) is 13.5. The highest BCUT2D eigenvalue weighted by Crippen LogP contribution is 2.24. The fourth-order valence-corrected chi connectivity index (χ4v) is 3.06. The molecule has 1 aliphatic heterocycles. The zero-order valence-electron chi connectivity index (χ0n) is 12.9. The molecule has 0 radical (unpaired) electrons. The van der Waals surface area contributed by atoms with Crippen molar-refractivity contribution in [3.05, 3.63) is 64.4 Å². The lowest BCUT2D eigenvalue weighted by molar-refractivity contribution is 0.0747. The number of carbonyl (C=O) groups is 1. The molecular weight excluding hydrogens is 329 g/mol. The van der Waals surface area contributed by atoms with Gasteiger partial charge in [-0.1, -0.05) is 29.8 Å². The van der Waals surface area contributed by atoms with E-state index in [1.54, 1.807) is 41.3 Å². The fourth-order valence-electron chi connectivity index (χ4n) is 2.84. The standard InChI is InChI=1S/C18H15ClFN3O/c19-15-5-2-1-4-13(15)18(24)23-10-8-22(9-11-23)17-7-3-6-16(20)14(17)12-21/h1-7H,8-11H2. The van der Waals surface area contributed by atoms with Gasteiger partial charge < -0.3 is 9.80 Å². The average molecular weight is 344 g/mol. The van der Waals surface area contributed by atoms with Crippen molar-refractivity contribution in [2.75, 3.05) is 31.1 Å². The maximum absolute atomic E-state index is 13.7. The minimum absolute atomic E-state index is 0.0448. The molecule has 4 nitrogen and oxygen atoms in total. The third-order valence-electron chi connectivity index (χ3n) is 4.12. The summed E-state index contributed by atoms with van der Waals surface area (Å²) in [5.74, 6) is -0.635. The van der Waals surface area contributed by atoms with Crippen molar-refractivity contribution in [3.8, 4) is 6.07 Å². The van der Waals surface area contributed by atoms with E-state index in [0.717, 1.165) is 0 Å². The van der Waals surface area contributed by atoms with Gasteiger partial charge in [-0.3, -0.25) is 4.79 Å². The summed E-state index contributed by atoms with van der Waals surface area (Å²) >= 11 is 6.08. The lowest BCUT2D eigenvalue weighted by atomic mass is 10.1. The highest BCUT2D eigenvalue weighted by Gasteiger charge is 2.25. The van der Waals surface area contributed by atoms with Crippen LogP contribution in [-0.4, -0.2) is 37.0 Å². The van der Waals surface area contributed by atoms with E-state index in [-0.39, 0.29) is 11.5 Å². The molecule has 0 saturated carbocycles. The number of nitrogens with zero attached hydrogens (tertiary/aromatic N) is 3. The van der Waals surface area contributed by atoms with Crippen molar-refractivity contribution < 1.29 is 9.18 Å². The zero-order valence-corrected chi connectivity index (χ0v) is 13.6. The van der Waals surface area contributed by atoms with E-state index >= 15 is 0 Å². The molecule has 0 bridgehead atoms. The molecule has 3 rings (SSSR count). The van der Waals surface area contributed by atoms with Crippen molar-refractivity contribution >= 4 is 23.2 Å². The van der Waals surface area contributed by atoms with E-state index in [1.165, 1.54) is 6.07 Å². The number of nitriles is 1. The average Bonchev–Trinajstić information content (AvgIpc) is 2.61. The molecule has 0 aromatic heterocycles. The van der Waals surface area contributed by atoms with Crippen LogP contribution in [0.3, 0.4) is 0 Å². The van der Waals surface area contributed by atoms with E-state index in [4.69, 9.17) is 16.9 Å². The predicted octanol–water partition coefficient (Wildman–Crippen LogP) is 3.31. The molecule has 122 valence electrons. The highest BCUT2D eigenvalue weighted by molar-refractivity contribution is 6.33. The van der Waals surface area contributed by atoms with Crippen molar-refractivity contribution in [2.45, 2.75) is 0 Å². The van der Waals surface area contributed by atoms with Crippen LogP contribution in [0.4, 0.5) is 10.1 Å². The Bertz CT molecular complexity index is 810. The van der Waals surface area contributed by atoms with Gasteiger partial charge in [0.2, 0.25) is 0 Å². The van der Waals surface area contributed by atoms with E-state index in [2.05, 4.69) is 0 Å². The number of amides is 1. The second-order valence-electron chi connectivity index (χ2n) is 5.50. The van der Waals surface area contributed by atoms with Crippen molar-refractivity contribution in [3.63, 3.8) is 0 Å². The Labute approximate surface area is 144 Å². The van der Waals surface area contributed by atoms with Gasteiger partial charge in [0.05, 0.1) is 16.3 Å². The van der Waals surface area contributed by atoms with Gasteiger partial charge in [0, 0.05) is 26.2 Å². The molecule has 6 heteroatoms. The Hall–Kier alpha value is -2.58. The summed E-state index contributed by atoms with van der Waals surface area (Å²) in [6.45, 7) is 2.06. The molecular formula is C18H15ClFN3O. The number of halogens is 2. The summed E-state index contributed by atoms with van der Waals surface area (Å²) in [6.07, 6.45) is 0. The fraction of sp³-hybridized carbons (Fsp3) is 0.222. The third kappa shape index (κ3) is 3.06. The van der Waals surface area contributed by atoms with Gasteiger partial charge in [0.15, 0.2) is 0 Å². The Balaban J connectivity index is 1.73. The Morgan fingerprint density at radius 2 is 1.79 bits per heavy atom. The molecule has 1 fully saturated rings. The second-order valence-corrected chi connectivity index (χ2v) is 5.91. The first-order chi connectivity index (χ1) is 11.6. The van der Waals surface area contributed by atoms with E-state index in [9.17, 15) is 9.18 Å². The summed E-state index contributed by atoms with van der Waals surface area (Å²) < 4.78 is 13.7. The lowest BCUT2D eigenvalue weighted by Crippen LogP contribution is -2.49. The van der Waals surface area contributed by atoms with Gasteiger partial charge in [-0.05, 0) is 24.3 Å². The van der Waals surface area contributed by atoms with Crippen LogP contribution < -0.4 is 4.90 Å². The SMILES string of the molecule is N#Cc1c(F)cccc1N1CCN(C(=O)c2ccccc2Cl)CC1. The normalized spacial score (nSPS) is 14.4. The second kappa shape index (κ2) is 6.90. The number of rotatable bonds is 2. The Morgan fingerprint density at radius 1 is 1.08 bits per heavy atom. The van der Waals surface area contributed by atoms with Gasteiger partial charge in [-0.15, -0.1) is 0 Å². The van der Waals surface area contributed by atoms with Crippen molar-refractivity contribution in [2.24, 2.45) is 0 Å². The molecule has 0 spiro atoms. The molecule has 0 aliphatic carbocycles. The predicted molar refractivity (Wildman–Crippen MR) is 90.7 cm³/mol. The minimum atomic E-state index is -0.524. The quantitative estimate of drug-likeness (QED) is 0.840. The van der Waals surface area contributed by atoms with Gasteiger partial charge in [-0.2, -0.15) is 5.26 Å². The summed E-state index contributed by atoms with van der Waals surface area (Å²) in [4.78, 5) is 16.2. The number of carbonyl (C=O) groups excluding carboxylic acids is 1. The van der Waals surface area contributed by atoms with Crippen LogP contribution in [0.15, 0.2) is 42.5 Å². The van der Waals surface area contributed by atoms with Crippen molar-refractivity contribution in [1.29, 1.82) is 5.26 Å². The summed E-state index contributed by atoms with van der Waals surface area (Å²) in [7, 11) is 0. The highest BCUT2D eigenvalue weighted by atomic mass is 35.5. The van der Waals surface area contributed by atoms with Crippen LogP contribution >= 0.6 is 11.6 Å². The molecule has 24 heavy (non-hydrogen) atoms. The van der Waals surface area contributed by atoms with Crippen LogP contribution in [0.5, 0.6) is 0 Å². The largest absolute Gasteiger partial charge is 0.367 e. The molecule has 1 saturated heterocycles. The lowest BCUT2D eigenvalue weighted by Gasteiger charge is -2.36.